The van der Waals surface area contributed by atoms with E-state index >= 15 is 0 Å². The Morgan fingerprint density at radius 3 is 2.70 bits per heavy atom. The van der Waals surface area contributed by atoms with Crippen molar-refractivity contribution in [3.63, 3.8) is 0 Å². The van der Waals surface area contributed by atoms with Gasteiger partial charge in [-0.15, -0.1) is 0 Å². The minimum atomic E-state index is -0.281. The molecular weight excluding hydrogens is 409 g/mol. The average molecular weight is 430 g/mol. The maximum absolute atomic E-state index is 14.4. The molecule has 2 aliphatic rings. The second kappa shape index (κ2) is 7.85. The predicted octanol–water partition coefficient (Wildman–Crippen LogP) is 5.94. The normalized spacial score (nSPS) is 21.6. The van der Waals surface area contributed by atoms with Gasteiger partial charge in [-0.2, -0.15) is 0 Å². The summed E-state index contributed by atoms with van der Waals surface area (Å²) >= 11 is 3.47. The van der Waals surface area contributed by atoms with E-state index in [2.05, 4.69) is 15.9 Å². The standard InChI is InChI=1S/C22H21BrFNO2/c23-19-10-5-11-20(24)21(19)16-12-17-8-4-9-18(13-16)25(17)22(26)27-14-15-6-2-1-3-7-15/h1-3,5-7,10-12,17-18H,4,8-9,13-14H2. The van der Waals surface area contributed by atoms with Crippen LogP contribution in [0.25, 0.3) is 5.57 Å². The van der Waals surface area contributed by atoms with Crippen LogP contribution in [0.1, 0.15) is 36.8 Å². The van der Waals surface area contributed by atoms with E-state index in [-0.39, 0.29) is 30.6 Å². The molecule has 2 heterocycles. The Kier molecular flexibility index (Phi) is 5.30. The first kappa shape index (κ1) is 18.2. The predicted molar refractivity (Wildman–Crippen MR) is 107 cm³/mol. The molecule has 5 heteroatoms. The van der Waals surface area contributed by atoms with Crippen molar-refractivity contribution in [2.75, 3.05) is 0 Å². The van der Waals surface area contributed by atoms with Crippen LogP contribution in [0.15, 0.2) is 59.1 Å². The molecule has 2 aliphatic heterocycles. The first-order chi connectivity index (χ1) is 13.1. The number of halogens is 2. The van der Waals surface area contributed by atoms with Crippen molar-refractivity contribution in [1.29, 1.82) is 0 Å². The topological polar surface area (TPSA) is 29.5 Å². The highest BCUT2D eigenvalue weighted by Gasteiger charge is 2.38. The third-order valence-corrected chi connectivity index (χ3v) is 6.00. The van der Waals surface area contributed by atoms with Crippen LogP contribution in [0.5, 0.6) is 0 Å². The monoisotopic (exact) mass is 429 g/mol. The zero-order chi connectivity index (χ0) is 18.8. The molecule has 2 bridgehead atoms. The van der Waals surface area contributed by atoms with Crippen molar-refractivity contribution >= 4 is 27.6 Å². The van der Waals surface area contributed by atoms with Gasteiger partial charge >= 0.3 is 6.09 Å². The van der Waals surface area contributed by atoms with E-state index in [1.807, 2.05) is 47.4 Å². The quantitative estimate of drug-likeness (QED) is 0.604. The van der Waals surface area contributed by atoms with Crippen molar-refractivity contribution in [2.24, 2.45) is 0 Å². The van der Waals surface area contributed by atoms with E-state index < -0.39 is 0 Å². The van der Waals surface area contributed by atoms with Crippen molar-refractivity contribution in [1.82, 2.24) is 4.90 Å². The Morgan fingerprint density at radius 1 is 1.15 bits per heavy atom. The summed E-state index contributed by atoms with van der Waals surface area (Å²) in [5.74, 6) is -0.228. The second-order valence-electron chi connectivity index (χ2n) is 7.09. The molecule has 0 aliphatic carbocycles. The van der Waals surface area contributed by atoms with Crippen LogP contribution < -0.4 is 0 Å². The first-order valence-electron chi connectivity index (χ1n) is 9.27. The number of nitrogens with zero attached hydrogens (tertiary/aromatic N) is 1. The van der Waals surface area contributed by atoms with E-state index in [4.69, 9.17) is 4.74 Å². The lowest BCUT2D eigenvalue weighted by molar-refractivity contribution is 0.0510. The zero-order valence-electron chi connectivity index (χ0n) is 14.9. The third kappa shape index (κ3) is 3.79. The van der Waals surface area contributed by atoms with Gasteiger partial charge in [0.25, 0.3) is 0 Å². The molecule has 1 fully saturated rings. The number of ether oxygens (including phenoxy) is 1. The van der Waals surface area contributed by atoms with Crippen LogP contribution in [-0.2, 0) is 11.3 Å². The van der Waals surface area contributed by atoms with Gasteiger partial charge in [-0.25, -0.2) is 9.18 Å². The number of carbonyl (C=O) groups is 1. The van der Waals surface area contributed by atoms with Gasteiger partial charge in [0.15, 0.2) is 0 Å². The number of carbonyl (C=O) groups excluding carboxylic acids is 1. The lowest BCUT2D eigenvalue weighted by atomic mass is 9.83. The van der Waals surface area contributed by atoms with Gasteiger partial charge in [0.05, 0.1) is 6.04 Å². The number of rotatable bonds is 3. The van der Waals surface area contributed by atoms with Crippen molar-refractivity contribution in [3.05, 3.63) is 76.0 Å². The van der Waals surface area contributed by atoms with Gasteiger partial charge in [-0.3, -0.25) is 4.90 Å². The van der Waals surface area contributed by atoms with E-state index in [0.717, 1.165) is 34.9 Å². The minimum Gasteiger partial charge on any atom is -0.445 e. The molecule has 0 radical (unpaired) electrons. The number of hydrogen-bond donors (Lipinski definition) is 0. The Bertz CT molecular complexity index is 848. The highest BCUT2D eigenvalue weighted by molar-refractivity contribution is 9.10. The highest BCUT2D eigenvalue weighted by atomic mass is 79.9. The molecule has 4 rings (SSSR count). The zero-order valence-corrected chi connectivity index (χ0v) is 16.5. The summed E-state index contributed by atoms with van der Waals surface area (Å²) in [6, 6.07) is 14.7. The van der Waals surface area contributed by atoms with Crippen LogP contribution >= 0.6 is 15.9 Å². The Hall–Kier alpha value is -2.14. The number of amides is 1. The number of piperidine rings is 1. The summed E-state index contributed by atoms with van der Waals surface area (Å²) in [6.45, 7) is 0.269. The molecule has 2 unspecified atom stereocenters. The molecule has 3 nitrogen and oxygen atoms in total. The fourth-order valence-corrected chi connectivity index (χ4v) is 4.69. The number of fused-ring (bicyclic) bond motifs is 2. The minimum absolute atomic E-state index is 0.0396. The fourth-order valence-electron chi connectivity index (χ4n) is 4.10. The molecule has 2 atom stereocenters. The molecule has 140 valence electrons. The van der Waals surface area contributed by atoms with E-state index in [0.29, 0.717) is 12.0 Å². The van der Waals surface area contributed by atoms with E-state index in [9.17, 15) is 9.18 Å². The van der Waals surface area contributed by atoms with Crippen molar-refractivity contribution in [3.8, 4) is 0 Å². The Balaban J connectivity index is 1.54. The smallest absolute Gasteiger partial charge is 0.410 e. The van der Waals surface area contributed by atoms with Gasteiger partial charge in [-0.1, -0.05) is 58.4 Å². The van der Waals surface area contributed by atoms with Crippen LogP contribution in [0.2, 0.25) is 0 Å². The largest absolute Gasteiger partial charge is 0.445 e. The van der Waals surface area contributed by atoms with Crippen LogP contribution in [0.3, 0.4) is 0 Å². The summed E-state index contributed by atoms with van der Waals surface area (Å²) in [5, 5.41) is 0. The van der Waals surface area contributed by atoms with Crippen LogP contribution in [0.4, 0.5) is 9.18 Å². The summed E-state index contributed by atoms with van der Waals surface area (Å²) in [4.78, 5) is 14.6. The maximum atomic E-state index is 14.4. The molecule has 1 amide bonds. The van der Waals surface area contributed by atoms with Crippen LogP contribution in [0, 0.1) is 5.82 Å². The van der Waals surface area contributed by atoms with Crippen molar-refractivity contribution < 1.29 is 13.9 Å². The molecule has 0 aromatic heterocycles. The van der Waals surface area contributed by atoms with E-state index in [1.54, 1.807) is 6.07 Å². The molecule has 0 saturated carbocycles. The molecule has 1 saturated heterocycles. The van der Waals surface area contributed by atoms with E-state index in [1.165, 1.54) is 6.07 Å². The summed E-state index contributed by atoms with van der Waals surface area (Å²) in [7, 11) is 0. The lowest BCUT2D eigenvalue weighted by Gasteiger charge is -2.44. The van der Waals surface area contributed by atoms with Gasteiger partial charge in [0.2, 0.25) is 0 Å². The molecular formula is C22H21BrFNO2. The van der Waals surface area contributed by atoms with Crippen molar-refractivity contribution in [2.45, 2.75) is 44.4 Å². The highest BCUT2D eigenvalue weighted by Crippen LogP contribution is 2.40. The second-order valence-corrected chi connectivity index (χ2v) is 7.95. The lowest BCUT2D eigenvalue weighted by Crippen LogP contribution is -2.51. The molecule has 2 aromatic carbocycles. The maximum Gasteiger partial charge on any atom is 0.410 e. The third-order valence-electron chi connectivity index (χ3n) is 5.34. The van der Waals surface area contributed by atoms with Crippen LogP contribution in [-0.4, -0.2) is 23.1 Å². The molecule has 0 spiro atoms. The Labute approximate surface area is 167 Å². The number of hydrogen-bond acceptors (Lipinski definition) is 2. The van der Waals surface area contributed by atoms with Gasteiger partial charge in [0.1, 0.15) is 12.4 Å². The van der Waals surface area contributed by atoms with Gasteiger partial charge in [0, 0.05) is 16.1 Å². The first-order valence-corrected chi connectivity index (χ1v) is 10.1. The van der Waals surface area contributed by atoms with Gasteiger partial charge < -0.3 is 4.74 Å². The summed E-state index contributed by atoms with van der Waals surface area (Å²) in [5.41, 5.74) is 2.56. The van der Waals surface area contributed by atoms with Gasteiger partial charge in [-0.05, 0) is 49.0 Å². The SMILES string of the molecule is O=C(OCc1ccccc1)N1C2C=C(c3c(F)cccc3Br)CC1CCC2. The molecule has 0 N–H and O–H groups in total. The summed E-state index contributed by atoms with van der Waals surface area (Å²) < 4.78 is 20.7. The summed E-state index contributed by atoms with van der Waals surface area (Å²) in [6.07, 6.45) is 5.28. The number of benzene rings is 2. The molecule has 27 heavy (non-hydrogen) atoms. The molecule has 2 aromatic rings. The fraction of sp³-hybridized carbons (Fsp3) is 0.318. The Morgan fingerprint density at radius 2 is 1.96 bits per heavy atom. The average Bonchev–Trinajstić information content (AvgIpc) is 2.66.